The Morgan fingerprint density at radius 2 is 1.83 bits per heavy atom. The average molecular weight is 255 g/mol. The SMILES string of the molecule is O=CN1CC=C(c2ccc(C(F)(F)F)cc2)CC1. The second-order valence-corrected chi connectivity index (χ2v) is 4.15. The van der Waals surface area contributed by atoms with Gasteiger partial charge in [0.1, 0.15) is 0 Å². The largest absolute Gasteiger partial charge is 0.416 e. The molecular weight excluding hydrogens is 243 g/mol. The van der Waals surface area contributed by atoms with E-state index in [1.165, 1.54) is 12.1 Å². The lowest BCUT2D eigenvalue weighted by molar-refractivity contribution is -0.137. The van der Waals surface area contributed by atoms with E-state index in [-0.39, 0.29) is 0 Å². The third-order valence-corrected chi connectivity index (χ3v) is 2.97. The van der Waals surface area contributed by atoms with Crippen LogP contribution in [0.4, 0.5) is 13.2 Å². The lowest BCUT2D eigenvalue weighted by Gasteiger charge is -2.22. The van der Waals surface area contributed by atoms with Crippen molar-refractivity contribution in [2.45, 2.75) is 12.6 Å². The van der Waals surface area contributed by atoms with E-state index in [9.17, 15) is 18.0 Å². The number of hydrogen-bond acceptors (Lipinski definition) is 1. The van der Waals surface area contributed by atoms with Crippen molar-refractivity contribution < 1.29 is 18.0 Å². The number of carbonyl (C=O) groups is 1. The fraction of sp³-hybridized carbons (Fsp3) is 0.308. The maximum absolute atomic E-state index is 12.4. The minimum atomic E-state index is -4.30. The van der Waals surface area contributed by atoms with Gasteiger partial charge in [0.25, 0.3) is 0 Å². The van der Waals surface area contributed by atoms with Crippen LogP contribution in [0, 0.1) is 0 Å². The topological polar surface area (TPSA) is 20.3 Å². The van der Waals surface area contributed by atoms with Crippen molar-refractivity contribution in [1.82, 2.24) is 4.90 Å². The quantitative estimate of drug-likeness (QED) is 0.744. The van der Waals surface area contributed by atoms with Gasteiger partial charge in [-0.15, -0.1) is 0 Å². The van der Waals surface area contributed by atoms with Gasteiger partial charge in [0.2, 0.25) is 6.41 Å². The predicted molar refractivity (Wildman–Crippen MR) is 61.7 cm³/mol. The van der Waals surface area contributed by atoms with Gasteiger partial charge in [0.05, 0.1) is 5.56 Å². The summed E-state index contributed by atoms with van der Waals surface area (Å²) in [6.07, 6.45) is -0.974. The molecule has 0 saturated heterocycles. The smallest absolute Gasteiger partial charge is 0.341 e. The summed E-state index contributed by atoms with van der Waals surface area (Å²) in [6.45, 7) is 1.12. The molecule has 0 saturated carbocycles. The number of rotatable bonds is 2. The molecule has 1 aliphatic heterocycles. The molecule has 1 amide bonds. The summed E-state index contributed by atoms with van der Waals surface area (Å²) < 4.78 is 37.2. The van der Waals surface area contributed by atoms with Gasteiger partial charge in [-0.3, -0.25) is 4.79 Å². The van der Waals surface area contributed by atoms with Crippen LogP contribution in [0.5, 0.6) is 0 Å². The Kier molecular flexibility index (Phi) is 3.41. The first kappa shape index (κ1) is 12.7. The lowest BCUT2D eigenvalue weighted by atomic mass is 9.98. The van der Waals surface area contributed by atoms with E-state index in [2.05, 4.69) is 0 Å². The maximum atomic E-state index is 12.4. The van der Waals surface area contributed by atoms with Crippen LogP contribution in [0.2, 0.25) is 0 Å². The van der Waals surface area contributed by atoms with Crippen LogP contribution in [-0.2, 0) is 11.0 Å². The summed E-state index contributed by atoms with van der Waals surface area (Å²) in [5, 5.41) is 0. The maximum Gasteiger partial charge on any atom is 0.416 e. The number of hydrogen-bond donors (Lipinski definition) is 0. The summed E-state index contributed by atoms with van der Waals surface area (Å²) in [4.78, 5) is 12.1. The summed E-state index contributed by atoms with van der Waals surface area (Å²) in [5.41, 5.74) is 1.13. The van der Waals surface area contributed by atoms with Gasteiger partial charge in [-0.25, -0.2) is 0 Å². The van der Waals surface area contributed by atoms with Crippen LogP contribution in [0.3, 0.4) is 0 Å². The van der Waals surface area contributed by atoms with Gasteiger partial charge in [-0.05, 0) is 29.7 Å². The molecule has 2 nitrogen and oxygen atoms in total. The Balaban J connectivity index is 2.16. The normalized spacial score (nSPS) is 16.4. The molecule has 0 unspecified atom stereocenters. The molecule has 0 aliphatic carbocycles. The standard InChI is InChI=1S/C13H12F3NO/c14-13(15,16)12-3-1-10(2-4-12)11-5-7-17(9-18)8-6-11/h1-5,9H,6-8H2. The van der Waals surface area contributed by atoms with Crippen LogP contribution in [0.15, 0.2) is 30.3 Å². The number of alkyl halides is 3. The van der Waals surface area contributed by atoms with Crippen LogP contribution in [0.1, 0.15) is 17.5 Å². The zero-order valence-electron chi connectivity index (χ0n) is 9.57. The highest BCUT2D eigenvalue weighted by molar-refractivity contribution is 5.68. The van der Waals surface area contributed by atoms with E-state index in [0.29, 0.717) is 19.5 Å². The molecule has 5 heteroatoms. The number of benzene rings is 1. The van der Waals surface area contributed by atoms with Gasteiger partial charge in [0, 0.05) is 13.1 Å². The summed E-state index contributed by atoms with van der Waals surface area (Å²) in [5.74, 6) is 0. The number of carbonyl (C=O) groups excluding carboxylic acids is 1. The van der Waals surface area contributed by atoms with E-state index in [1.54, 1.807) is 4.90 Å². The number of nitrogens with zero attached hydrogens (tertiary/aromatic N) is 1. The van der Waals surface area contributed by atoms with Crippen molar-refractivity contribution in [3.8, 4) is 0 Å². The highest BCUT2D eigenvalue weighted by Gasteiger charge is 2.30. The second-order valence-electron chi connectivity index (χ2n) is 4.15. The van der Waals surface area contributed by atoms with Crippen molar-refractivity contribution >= 4 is 12.0 Å². The van der Waals surface area contributed by atoms with Crippen LogP contribution >= 0.6 is 0 Å². The highest BCUT2D eigenvalue weighted by Crippen LogP contribution is 2.30. The molecule has 0 spiro atoms. The van der Waals surface area contributed by atoms with Crippen LogP contribution < -0.4 is 0 Å². The molecule has 2 rings (SSSR count). The molecule has 1 heterocycles. The van der Waals surface area contributed by atoms with Crippen LogP contribution in [0.25, 0.3) is 5.57 Å². The zero-order chi connectivity index (χ0) is 13.2. The minimum Gasteiger partial charge on any atom is -0.341 e. The van der Waals surface area contributed by atoms with Gasteiger partial charge in [-0.2, -0.15) is 13.2 Å². The fourth-order valence-corrected chi connectivity index (χ4v) is 1.92. The summed E-state index contributed by atoms with van der Waals surface area (Å²) >= 11 is 0. The average Bonchev–Trinajstić information content (AvgIpc) is 2.38. The van der Waals surface area contributed by atoms with E-state index < -0.39 is 11.7 Å². The first-order valence-corrected chi connectivity index (χ1v) is 5.57. The molecule has 1 aromatic carbocycles. The molecule has 0 aromatic heterocycles. The molecule has 0 atom stereocenters. The van der Waals surface area contributed by atoms with E-state index in [0.717, 1.165) is 29.7 Å². The van der Waals surface area contributed by atoms with Crippen molar-refractivity contribution in [1.29, 1.82) is 0 Å². The molecule has 0 N–H and O–H groups in total. The molecule has 0 radical (unpaired) electrons. The number of halogens is 3. The van der Waals surface area contributed by atoms with E-state index >= 15 is 0 Å². The first-order chi connectivity index (χ1) is 8.50. The predicted octanol–water partition coefficient (Wildman–Crippen LogP) is 2.95. The molecule has 96 valence electrons. The van der Waals surface area contributed by atoms with Crippen molar-refractivity contribution in [3.05, 3.63) is 41.5 Å². The van der Waals surface area contributed by atoms with Crippen molar-refractivity contribution in [3.63, 3.8) is 0 Å². The second kappa shape index (κ2) is 4.84. The lowest BCUT2D eigenvalue weighted by Crippen LogP contribution is -2.26. The van der Waals surface area contributed by atoms with Crippen LogP contribution in [-0.4, -0.2) is 24.4 Å². The Labute approximate surface area is 103 Å². The Bertz CT molecular complexity index is 462. The number of amides is 1. The monoisotopic (exact) mass is 255 g/mol. The third-order valence-electron chi connectivity index (χ3n) is 2.97. The van der Waals surface area contributed by atoms with Gasteiger partial charge >= 0.3 is 6.18 Å². The summed E-state index contributed by atoms with van der Waals surface area (Å²) in [6, 6.07) is 5.13. The Hall–Kier alpha value is -1.78. The Morgan fingerprint density at radius 1 is 1.17 bits per heavy atom. The molecule has 1 aromatic rings. The zero-order valence-corrected chi connectivity index (χ0v) is 9.57. The van der Waals surface area contributed by atoms with Gasteiger partial charge < -0.3 is 4.90 Å². The summed E-state index contributed by atoms with van der Waals surface area (Å²) in [7, 11) is 0. The molecule has 0 fully saturated rings. The highest BCUT2D eigenvalue weighted by atomic mass is 19.4. The minimum absolute atomic E-state index is 0.514. The van der Waals surface area contributed by atoms with Crippen molar-refractivity contribution in [2.24, 2.45) is 0 Å². The van der Waals surface area contributed by atoms with E-state index in [1.807, 2.05) is 6.08 Å². The fourth-order valence-electron chi connectivity index (χ4n) is 1.92. The molecule has 0 bridgehead atoms. The Morgan fingerprint density at radius 3 is 2.28 bits per heavy atom. The van der Waals surface area contributed by atoms with E-state index in [4.69, 9.17) is 0 Å². The molecule has 18 heavy (non-hydrogen) atoms. The first-order valence-electron chi connectivity index (χ1n) is 5.57. The van der Waals surface area contributed by atoms with Gasteiger partial charge in [0.15, 0.2) is 0 Å². The van der Waals surface area contributed by atoms with Crippen molar-refractivity contribution in [2.75, 3.05) is 13.1 Å². The van der Waals surface area contributed by atoms with Gasteiger partial charge in [-0.1, -0.05) is 18.2 Å². The molecule has 1 aliphatic rings. The molecular formula is C13H12F3NO. The third kappa shape index (κ3) is 2.72.